The van der Waals surface area contributed by atoms with Gasteiger partial charge < -0.3 is 24.6 Å². The molecule has 0 bridgehead atoms. The number of carbonyl (C=O) groups excluding carboxylic acids is 2. The Kier molecular flexibility index (Phi) is 4.27. The Morgan fingerprint density at radius 1 is 1.30 bits per heavy atom. The van der Waals surface area contributed by atoms with Gasteiger partial charge in [-0.1, -0.05) is 6.92 Å². The number of carbonyl (C=O) groups is 2. The molecule has 1 unspecified atom stereocenters. The summed E-state index contributed by atoms with van der Waals surface area (Å²) in [6, 6.07) is 4.77. The maximum atomic E-state index is 12.6. The van der Waals surface area contributed by atoms with E-state index in [1.807, 2.05) is 13.0 Å². The van der Waals surface area contributed by atoms with Crippen LogP contribution in [0.5, 0.6) is 11.5 Å². The van der Waals surface area contributed by atoms with Gasteiger partial charge in [-0.25, -0.2) is 4.79 Å². The Labute approximate surface area is 135 Å². The van der Waals surface area contributed by atoms with Crippen LogP contribution >= 0.6 is 0 Å². The van der Waals surface area contributed by atoms with Crippen LogP contribution < -0.4 is 19.7 Å². The molecular weight excluding hydrogens is 298 g/mol. The van der Waals surface area contributed by atoms with E-state index in [0.717, 1.165) is 12.1 Å². The highest BCUT2D eigenvalue weighted by atomic mass is 16.7. The minimum Gasteiger partial charge on any atom is -0.454 e. The fourth-order valence-corrected chi connectivity index (χ4v) is 2.79. The van der Waals surface area contributed by atoms with Gasteiger partial charge in [0.25, 0.3) is 0 Å². The van der Waals surface area contributed by atoms with Crippen molar-refractivity contribution in [3.63, 3.8) is 0 Å². The number of hydrogen-bond donors (Lipinski definition) is 1. The van der Waals surface area contributed by atoms with E-state index in [0.29, 0.717) is 31.1 Å². The summed E-state index contributed by atoms with van der Waals surface area (Å²) < 4.78 is 10.6. The first kappa shape index (κ1) is 15.5. The molecule has 7 heteroatoms. The van der Waals surface area contributed by atoms with Crippen molar-refractivity contribution in [3.8, 4) is 11.5 Å². The van der Waals surface area contributed by atoms with Crippen molar-refractivity contribution in [1.82, 2.24) is 10.2 Å². The molecule has 0 saturated carbocycles. The molecule has 0 radical (unpaired) electrons. The molecule has 23 heavy (non-hydrogen) atoms. The van der Waals surface area contributed by atoms with Crippen LogP contribution in [0.15, 0.2) is 18.2 Å². The average molecular weight is 319 g/mol. The van der Waals surface area contributed by atoms with Crippen molar-refractivity contribution >= 4 is 17.6 Å². The van der Waals surface area contributed by atoms with E-state index in [1.54, 1.807) is 28.9 Å². The molecule has 1 N–H and O–H groups in total. The zero-order valence-electron chi connectivity index (χ0n) is 13.4. The number of nitrogens with one attached hydrogen (secondary N) is 1. The molecule has 2 aliphatic rings. The molecule has 1 saturated heterocycles. The monoisotopic (exact) mass is 319 g/mol. The van der Waals surface area contributed by atoms with Gasteiger partial charge in [0, 0.05) is 31.4 Å². The van der Waals surface area contributed by atoms with Crippen molar-refractivity contribution < 1.29 is 19.1 Å². The summed E-state index contributed by atoms with van der Waals surface area (Å²) in [5, 5.41) is 2.82. The molecule has 0 spiro atoms. The van der Waals surface area contributed by atoms with Gasteiger partial charge in [-0.15, -0.1) is 0 Å². The van der Waals surface area contributed by atoms with Gasteiger partial charge in [0.2, 0.25) is 12.7 Å². The Balaban J connectivity index is 1.72. The molecule has 2 aliphatic heterocycles. The lowest BCUT2D eigenvalue weighted by Crippen LogP contribution is -2.59. The molecule has 124 valence electrons. The Hall–Kier alpha value is -2.44. The second kappa shape index (κ2) is 6.36. The van der Waals surface area contributed by atoms with E-state index in [-0.39, 0.29) is 18.7 Å². The third-order valence-corrected chi connectivity index (χ3v) is 4.11. The number of amides is 3. The SMILES string of the molecule is CCCNC(=O)N1CCN(c2ccc3c(c2)OCO3)C(=O)C1C. The van der Waals surface area contributed by atoms with Crippen molar-refractivity contribution in [2.45, 2.75) is 26.3 Å². The second-order valence-corrected chi connectivity index (χ2v) is 5.63. The maximum Gasteiger partial charge on any atom is 0.318 e. The highest BCUT2D eigenvalue weighted by Gasteiger charge is 2.35. The molecule has 1 atom stereocenters. The van der Waals surface area contributed by atoms with E-state index >= 15 is 0 Å². The topological polar surface area (TPSA) is 71.1 Å². The summed E-state index contributed by atoms with van der Waals surface area (Å²) in [6.45, 7) is 5.52. The zero-order valence-corrected chi connectivity index (χ0v) is 13.4. The normalized spacial score (nSPS) is 19.9. The van der Waals surface area contributed by atoms with Gasteiger partial charge in [0.05, 0.1) is 0 Å². The second-order valence-electron chi connectivity index (χ2n) is 5.63. The first-order valence-electron chi connectivity index (χ1n) is 7.87. The lowest BCUT2D eigenvalue weighted by molar-refractivity contribution is -0.124. The van der Waals surface area contributed by atoms with Crippen molar-refractivity contribution in [3.05, 3.63) is 18.2 Å². The summed E-state index contributed by atoms with van der Waals surface area (Å²) in [5.41, 5.74) is 0.764. The van der Waals surface area contributed by atoms with Gasteiger partial charge in [0.1, 0.15) is 6.04 Å². The molecule has 3 amide bonds. The van der Waals surface area contributed by atoms with Crippen molar-refractivity contribution in [2.24, 2.45) is 0 Å². The van der Waals surface area contributed by atoms with Crippen molar-refractivity contribution in [2.75, 3.05) is 31.3 Å². The molecule has 2 heterocycles. The third kappa shape index (κ3) is 2.91. The number of urea groups is 1. The quantitative estimate of drug-likeness (QED) is 0.918. The molecule has 3 rings (SSSR count). The number of fused-ring (bicyclic) bond motifs is 1. The van der Waals surface area contributed by atoms with Crippen LogP contribution in [0.1, 0.15) is 20.3 Å². The first-order valence-corrected chi connectivity index (χ1v) is 7.87. The molecule has 0 aliphatic carbocycles. The van der Waals surface area contributed by atoms with E-state index in [4.69, 9.17) is 9.47 Å². The number of ether oxygens (including phenoxy) is 2. The largest absolute Gasteiger partial charge is 0.454 e. The van der Waals surface area contributed by atoms with Crippen LogP contribution in [-0.4, -0.2) is 49.3 Å². The fraction of sp³-hybridized carbons (Fsp3) is 0.500. The number of nitrogens with zero attached hydrogens (tertiary/aromatic N) is 2. The molecule has 1 aromatic rings. The van der Waals surface area contributed by atoms with E-state index < -0.39 is 6.04 Å². The molecule has 1 fully saturated rings. The summed E-state index contributed by atoms with van der Waals surface area (Å²) in [6.07, 6.45) is 0.866. The van der Waals surface area contributed by atoms with E-state index in [1.165, 1.54) is 0 Å². The Morgan fingerprint density at radius 2 is 2.09 bits per heavy atom. The minimum absolute atomic E-state index is 0.0956. The zero-order chi connectivity index (χ0) is 16.4. The van der Waals surface area contributed by atoms with Gasteiger partial charge in [0.15, 0.2) is 11.5 Å². The summed E-state index contributed by atoms with van der Waals surface area (Å²) >= 11 is 0. The standard InChI is InChI=1S/C16H21N3O4/c1-3-6-17-16(21)18-7-8-19(15(20)11(18)2)12-4-5-13-14(9-12)23-10-22-13/h4-5,9,11H,3,6-8,10H2,1-2H3,(H,17,21). The number of hydrogen-bond acceptors (Lipinski definition) is 4. The van der Waals surface area contributed by atoms with Gasteiger partial charge >= 0.3 is 6.03 Å². The van der Waals surface area contributed by atoms with Crippen LogP contribution in [0.25, 0.3) is 0 Å². The van der Waals surface area contributed by atoms with E-state index in [2.05, 4.69) is 5.32 Å². The molecule has 0 aromatic heterocycles. The smallest absolute Gasteiger partial charge is 0.318 e. The summed E-state index contributed by atoms with van der Waals surface area (Å²) in [7, 11) is 0. The summed E-state index contributed by atoms with van der Waals surface area (Å²) in [5.74, 6) is 1.24. The number of piperazine rings is 1. The lowest BCUT2D eigenvalue weighted by atomic mass is 10.1. The number of rotatable bonds is 3. The predicted octanol–water partition coefficient (Wildman–Crippen LogP) is 1.57. The molecular formula is C16H21N3O4. The maximum absolute atomic E-state index is 12.6. The van der Waals surface area contributed by atoms with Gasteiger partial charge in [-0.05, 0) is 25.5 Å². The van der Waals surface area contributed by atoms with Crippen LogP contribution in [0, 0.1) is 0 Å². The van der Waals surface area contributed by atoms with E-state index in [9.17, 15) is 9.59 Å². The predicted molar refractivity (Wildman–Crippen MR) is 84.8 cm³/mol. The van der Waals surface area contributed by atoms with Gasteiger partial charge in [-0.2, -0.15) is 0 Å². The van der Waals surface area contributed by atoms with Crippen LogP contribution in [-0.2, 0) is 4.79 Å². The first-order chi connectivity index (χ1) is 11.1. The fourth-order valence-electron chi connectivity index (χ4n) is 2.79. The number of benzene rings is 1. The Morgan fingerprint density at radius 3 is 2.87 bits per heavy atom. The Bertz CT molecular complexity index is 619. The van der Waals surface area contributed by atoms with Gasteiger partial charge in [-0.3, -0.25) is 4.79 Å². The van der Waals surface area contributed by atoms with Crippen molar-refractivity contribution in [1.29, 1.82) is 0 Å². The average Bonchev–Trinajstić information content (AvgIpc) is 3.02. The lowest BCUT2D eigenvalue weighted by Gasteiger charge is -2.39. The van der Waals surface area contributed by atoms with Crippen LogP contribution in [0.4, 0.5) is 10.5 Å². The van der Waals surface area contributed by atoms with Crippen LogP contribution in [0.3, 0.4) is 0 Å². The highest BCUT2D eigenvalue weighted by Crippen LogP contribution is 2.36. The molecule has 7 nitrogen and oxygen atoms in total. The minimum atomic E-state index is -0.494. The third-order valence-electron chi connectivity index (χ3n) is 4.11. The summed E-state index contributed by atoms with van der Waals surface area (Å²) in [4.78, 5) is 28.0. The highest BCUT2D eigenvalue weighted by molar-refractivity contribution is 6.00. The van der Waals surface area contributed by atoms with Crippen LogP contribution in [0.2, 0.25) is 0 Å². The molecule has 1 aromatic carbocycles. The number of anilines is 1.